The van der Waals surface area contributed by atoms with E-state index in [1.54, 1.807) is 4.90 Å². The van der Waals surface area contributed by atoms with Gasteiger partial charge < -0.3 is 4.90 Å². The topological polar surface area (TPSA) is 57.7 Å². The first-order valence-electron chi connectivity index (χ1n) is 8.60. The molecule has 0 aromatic heterocycles. The molecule has 0 saturated carbocycles. The highest BCUT2D eigenvalue weighted by Crippen LogP contribution is 2.20. The molecular weight excluding hydrogens is 404 g/mol. The molecule has 0 bridgehead atoms. The monoisotopic (exact) mass is 430 g/mol. The molecule has 7 heteroatoms. The molecule has 1 heterocycles. The summed E-state index contributed by atoms with van der Waals surface area (Å²) in [6, 6.07) is 7.77. The van der Waals surface area contributed by atoms with Crippen molar-refractivity contribution in [3.8, 4) is 0 Å². The maximum absolute atomic E-state index is 12.8. The number of likely N-dealkylation sites (N-methyl/N-ethyl adjacent to an activating group) is 1. The van der Waals surface area contributed by atoms with Crippen molar-refractivity contribution in [2.45, 2.75) is 32.9 Å². The number of halogens is 1. The number of hydrogen-bond donors (Lipinski definition) is 0. The van der Waals surface area contributed by atoms with Crippen molar-refractivity contribution in [3.63, 3.8) is 0 Å². The minimum atomic E-state index is -3.01. The van der Waals surface area contributed by atoms with Crippen LogP contribution in [0.5, 0.6) is 0 Å². The molecule has 5 nitrogen and oxygen atoms in total. The zero-order chi connectivity index (χ0) is 18.6. The summed E-state index contributed by atoms with van der Waals surface area (Å²) in [7, 11) is -1.09. The summed E-state index contributed by atoms with van der Waals surface area (Å²) in [5.74, 6) is 0.595. The Labute approximate surface area is 159 Å². The van der Waals surface area contributed by atoms with Crippen LogP contribution < -0.4 is 0 Å². The van der Waals surface area contributed by atoms with Gasteiger partial charge in [0.1, 0.15) is 0 Å². The maximum atomic E-state index is 12.8. The van der Waals surface area contributed by atoms with Crippen molar-refractivity contribution >= 4 is 31.7 Å². The largest absolute Gasteiger partial charge is 0.337 e. The van der Waals surface area contributed by atoms with E-state index < -0.39 is 9.84 Å². The number of amides is 1. The molecule has 1 aromatic rings. The second-order valence-corrected chi connectivity index (χ2v) is 10.3. The molecule has 1 atom stereocenters. The third-order valence-electron chi connectivity index (χ3n) is 4.33. The van der Waals surface area contributed by atoms with Gasteiger partial charge in [-0.3, -0.25) is 9.69 Å². The molecule has 1 amide bonds. The van der Waals surface area contributed by atoms with Gasteiger partial charge >= 0.3 is 0 Å². The fraction of sp³-hybridized carbons (Fsp3) is 0.611. The highest BCUT2D eigenvalue weighted by Gasteiger charge is 2.35. The van der Waals surface area contributed by atoms with Gasteiger partial charge in [0, 0.05) is 23.6 Å². The van der Waals surface area contributed by atoms with Gasteiger partial charge in [-0.15, -0.1) is 0 Å². The lowest BCUT2D eigenvalue weighted by molar-refractivity contribution is -0.134. The average Bonchev–Trinajstić information content (AvgIpc) is 2.86. The first-order valence-corrected chi connectivity index (χ1v) is 11.2. The van der Waals surface area contributed by atoms with Crippen molar-refractivity contribution in [1.82, 2.24) is 9.80 Å². The normalized spacial score (nSPS) is 19.5. The lowest BCUT2D eigenvalue weighted by Gasteiger charge is -2.31. The van der Waals surface area contributed by atoms with Crippen LogP contribution in [-0.2, 0) is 21.2 Å². The molecule has 25 heavy (non-hydrogen) atoms. The Morgan fingerprint density at radius 1 is 1.32 bits per heavy atom. The van der Waals surface area contributed by atoms with Crippen LogP contribution in [0.15, 0.2) is 28.7 Å². The number of sulfone groups is 1. The molecule has 1 aliphatic heterocycles. The van der Waals surface area contributed by atoms with Crippen molar-refractivity contribution in [2.24, 2.45) is 5.92 Å². The summed E-state index contributed by atoms with van der Waals surface area (Å²) >= 11 is 3.53. The Balaban J connectivity index is 2.02. The van der Waals surface area contributed by atoms with E-state index in [0.717, 1.165) is 10.0 Å². The van der Waals surface area contributed by atoms with E-state index in [4.69, 9.17) is 0 Å². The summed E-state index contributed by atoms with van der Waals surface area (Å²) in [4.78, 5) is 16.6. The van der Waals surface area contributed by atoms with E-state index >= 15 is 0 Å². The molecule has 0 spiro atoms. The number of nitrogens with zero attached hydrogens (tertiary/aromatic N) is 2. The van der Waals surface area contributed by atoms with Crippen LogP contribution in [0.1, 0.15) is 25.8 Å². The Morgan fingerprint density at radius 3 is 2.56 bits per heavy atom. The summed E-state index contributed by atoms with van der Waals surface area (Å²) in [6.45, 7) is 5.64. The van der Waals surface area contributed by atoms with Crippen molar-refractivity contribution < 1.29 is 13.2 Å². The second kappa shape index (κ2) is 8.64. The molecule has 140 valence electrons. The number of hydrogen-bond acceptors (Lipinski definition) is 4. The predicted octanol–water partition coefficient (Wildman–Crippen LogP) is 2.55. The smallest absolute Gasteiger partial charge is 0.237 e. The van der Waals surface area contributed by atoms with Crippen LogP contribution in [0.4, 0.5) is 0 Å². The minimum absolute atomic E-state index is 0.00496. The van der Waals surface area contributed by atoms with Gasteiger partial charge in [0.05, 0.1) is 18.1 Å². The SMILES string of the molecule is CC(C)CN(C(=O)CN(C)Cc1ccccc1Br)[C@@H]1CCS(=O)(=O)C1. The fourth-order valence-electron chi connectivity index (χ4n) is 3.16. The molecule has 1 aliphatic rings. The average molecular weight is 431 g/mol. The molecular formula is C18H27BrN2O3S. The summed E-state index contributed by atoms with van der Waals surface area (Å²) in [6.07, 6.45) is 0.550. The van der Waals surface area contributed by atoms with Crippen LogP contribution in [0.25, 0.3) is 0 Å². The highest BCUT2D eigenvalue weighted by atomic mass is 79.9. The lowest BCUT2D eigenvalue weighted by atomic mass is 10.1. The molecule has 1 fully saturated rings. The first kappa shape index (κ1) is 20.4. The molecule has 0 aliphatic carbocycles. The van der Waals surface area contributed by atoms with E-state index in [9.17, 15) is 13.2 Å². The number of rotatable bonds is 7. The zero-order valence-corrected chi connectivity index (χ0v) is 17.5. The first-order chi connectivity index (χ1) is 11.7. The number of carbonyl (C=O) groups excluding carboxylic acids is 1. The molecule has 0 unspecified atom stereocenters. The summed E-state index contributed by atoms with van der Waals surface area (Å²) < 4.78 is 24.6. The Kier molecular flexibility index (Phi) is 7.05. The Hall–Kier alpha value is -0.920. The van der Waals surface area contributed by atoms with Gasteiger partial charge in [0.15, 0.2) is 9.84 Å². The van der Waals surface area contributed by atoms with Gasteiger partial charge in [0.25, 0.3) is 0 Å². The molecule has 1 saturated heterocycles. The zero-order valence-electron chi connectivity index (χ0n) is 15.1. The minimum Gasteiger partial charge on any atom is -0.337 e. The number of benzene rings is 1. The van der Waals surface area contributed by atoms with Crippen LogP contribution in [0.3, 0.4) is 0 Å². The molecule has 1 aromatic carbocycles. The van der Waals surface area contributed by atoms with Crippen molar-refractivity contribution in [2.75, 3.05) is 31.6 Å². The van der Waals surface area contributed by atoms with E-state index in [1.807, 2.05) is 36.2 Å². The summed E-state index contributed by atoms with van der Waals surface area (Å²) in [5.41, 5.74) is 1.12. The second-order valence-electron chi connectivity index (χ2n) is 7.26. The van der Waals surface area contributed by atoms with Gasteiger partial charge in [0.2, 0.25) is 5.91 Å². The number of carbonyl (C=O) groups is 1. The molecule has 2 rings (SSSR count). The summed E-state index contributed by atoms with van der Waals surface area (Å²) in [5, 5.41) is 0. The lowest BCUT2D eigenvalue weighted by Crippen LogP contribution is -2.47. The Bertz CT molecular complexity index is 706. The van der Waals surface area contributed by atoms with Crippen LogP contribution in [0.2, 0.25) is 0 Å². The van der Waals surface area contributed by atoms with E-state index in [0.29, 0.717) is 25.4 Å². The van der Waals surface area contributed by atoms with Gasteiger partial charge in [-0.25, -0.2) is 8.42 Å². The molecule has 0 N–H and O–H groups in total. The standard InChI is InChI=1S/C18H27BrN2O3S/c1-14(2)10-21(16-8-9-25(23,24)13-16)18(22)12-20(3)11-15-6-4-5-7-17(15)19/h4-7,14,16H,8-13H2,1-3H3/t16-/m1/s1. The van der Waals surface area contributed by atoms with Crippen molar-refractivity contribution in [3.05, 3.63) is 34.3 Å². The van der Waals surface area contributed by atoms with Gasteiger partial charge in [-0.2, -0.15) is 0 Å². The van der Waals surface area contributed by atoms with E-state index in [-0.39, 0.29) is 30.0 Å². The predicted molar refractivity (Wildman–Crippen MR) is 104 cm³/mol. The van der Waals surface area contributed by atoms with Crippen molar-refractivity contribution in [1.29, 1.82) is 0 Å². The van der Waals surface area contributed by atoms with Gasteiger partial charge in [-0.05, 0) is 31.0 Å². The molecule has 0 radical (unpaired) electrons. The van der Waals surface area contributed by atoms with Crippen LogP contribution in [0, 0.1) is 5.92 Å². The fourth-order valence-corrected chi connectivity index (χ4v) is 5.31. The maximum Gasteiger partial charge on any atom is 0.237 e. The Morgan fingerprint density at radius 2 is 2.00 bits per heavy atom. The van der Waals surface area contributed by atoms with Crippen LogP contribution >= 0.6 is 15.9 Å². The third kappa shape index (κ3) is 6.08. The van der Waals surface area contributed by atoms with Gasteiger partial charge in [-0.1, -0.05) is 48.0 Å². The third-order valence-corrected chi connectivity index (χ3v) is 6.86. The van der Waals surface area contributed by atoms with E-state index in [2.05, 4.69) is 29.8 Å². The quantitative estimate of drug-likeness (QED) is 0.666. The van der Waals surface area contributed by atoms with Crippen LogP contribution in [-0.4, -0.2) is 61.8 Å². The highest BCUT2D eigenvalue weighted by molar-refractivity contribution is 9.10. The van der Waals surface area contributed by atoms with E-state index in [1.165, 1.54) is 0 Å².